The molecule has 0 saturated carbocycles. The van der Waals surface area contributed by atoms with E-state index in [0.717, 1.165) is 5.56 Å². The molecule has 0 radical (unpaired) electrons. The maximum absolute atomic E-state index is 10.5. The van der Waals surface area contributed by atoms with Gasteiger partial charge in [0.15, 0.2) is 6.61 Å². The summed E-state index contributed by atoms with van der Waals surface area (Å²) in [5.74, 6) is 0.961. The minimum Gasteiger partial charge on any atom is -0.485 e. The predicted octanol–water partition coefficient (Wildman–Crippen LogP) is 2.96. The molecule has 1 N–H and O–H groups in total. The number of carboxylic acids is 1. The zero-order valence-electron chi connectivity index (χ0n) is 13.0. The molecule has 0 saturated heterocycles. The number of benzene rings is 1. The van der Waals surface area contributed by atoms with Crippen LogP contribution in [0.25, 0.3) is 0 Å². The molecule has 1 heterocycles. The summed E-state index contributed by atoms with van der Waals surface area (Å²) in [5, 5.41) is 12.5. The van der Waals surface area contributed by atoms with Gasteiger partial charge < -0.3 is 14.4 Å². The average Bonchev–Trinajstić information content (AvgIpc) is 2.93. The lowest BCUT2D eigenvalue weighted by Gasteiger charge is -2.10. The summed E-state index contributed by atoms with van der Waals surface area (Å²) in [6, 6.07) is 7.33. The number of rotatable bonds is 6. The summed E-state index contributed by atoms with van der Waals surface area (Å²) in [5.41, 5.74) is 0.779. The molecular weight excluding hydrogens is 284 g/mol. The zero-order valence-corrected chi connectivity index (χ0v) is 13.0. The van der Waals surface area contributed by atoms with E-state index >= 15 is 0 Å². The summed E-state index contributed by atoms with van der Waals surface area (Å²) < 4.78 is 10.8. The first kappa shape index (κ1) is 16.0. The topological polar surface area (TPSA) is 85.5 Å². The van der Waals surface area contributed by atoms with Crippen LogP contribution in [0.4, 0.5) is 0 Å². The molecule has 1 aromatic heterocycles. The number of carbonyl (C=O) groups is 1. The first-order chi connectivity index (χ1) is 10.3. The van der Waals surface area contributed by atoms with Crippen LogP contribution in [0.5, 0.6) is 5.75 Å². The Kier molecular flexibility index (Phi) is 4.80. The van der Waals surface area contributed by atoms with Crippen molar-refractivity contribution in [2.24, 2.45) is 0 Å². The number of aliphatic carboxylic acids is 1. The van der Waals surface area contributed by atoms with Crippen LogP contribution < -0.4 is 4.74 Å². The Morgan fingerprint density at radius 1 is 1.27 bits per heavy atom. The van der Waals surface area contributed by atoms with Crippen LogP contribution in [0.3, 0.4) is 0 Å². The van der Waals surface area contributed by atoms with Gasteiger partial charge in [0.2, 0.25) is 11.7 Å². The van der Waals surface area contributed by atoms with Crippen molar-refractivity contribution in [1.82, 2.24) is 10.1 Å². The Labute approximate surface area is 129 Å². The molecule has 0 aliphatic heterocycles. The van der Waals surface area contributed by atoms with Crippen molar-refractivity contribution in [3.63, 3.8) is 0 Å². The fraction of sp³-hybridized carbons (Fsp3) is 0.438. The van der Waals surface area contributed by atoms with E-state index in [1.807, 2.05) is 45.0 Å². The molecule has 0 aliphatic rings. The monoisotopic (exact) mass is 304 g/mol. The quantitative estimate of drug-likeness (QED) is 0.883. The molecule has 2 aromatic rings. The van der Waals surface area contributed by atoms with Crippen LogP contribution in [0.1, 0.15) is 44.5 Å². The fourth-order valence-electron chi connectivity index (χ4n) is 1.77. The average molecular weight is 304 g/mol. The molecular formula is C16H20N2O4. The summed E-state index contributed by atoms with van der Waals surface area (Å²) in [7, 11) is 0. The van der Waals surface area contributed by atoms with Crippen molar-refractivity contribution < 1.29 is 19.2 Å². The van der Waals surface area contributed by atoms with Gasteiger partial charge in [-0.05, 0) is 24.1 Å². The second kappa shape index (κ2) is 6.60. The van der Waals surface area contributed by atoms with E-state index in [1.165, 1.54) is 0 Å². The molecule has 0 atom stereocenters. The Hall–Kier alpha value is -2.37. The molecule has 0 amide bonds. The molecule has 118 valence electrons. The van der Waals surface area contributed by atoms with Gasteiger partial charge in [-0.25, -0.2) is 0 Å². The summed E-state index contributed by atoms with van der Waals surface area (Å²) >= 11 is 0. The molecule has 22 heavy (non-hydrogen) atoms. The van der Waals surface area contributed by atoms with Crippen molar-refractivity contribution in [2.45, 2.75) is 45.6 Å². The minimum atomic E-state index is -0.799. The van der Waals surface area contributed by atoms with Crippen LogP contribution in [0.2, 0.25) is 0 Å². The second-order valence-electron chi connectivity index (χ2n) is 6.09. The van der Waals surface area contributed by atoms with E-state index in [4.69, 9.17) is 14.4 Å². The molecule has 0 aliphatic carbocycles. The third-order valence-corrected chi connectivity index (χ3v) is 3.03. The summed E-state index contributed by atoms with van der Waals surface area (Å²) in [4.78, 5) is 14.8. The van der Waals surface area contributed by atoms with E-state index in [-0.39, 0.29) is 18.4 Å². The van der Waals surface area contributed by atoms with Gasteiger partial charge in [-0.1, -0.05) is 38.1 Å². The molecule has 2 rings (SSSR count). The molecule has 0 bridgehead atoms. The fourth-order valence-corrected chi connectivity index (χ4v) is 1.77. The smallest absolute Gasteiger partial charge is 0.303 e. The van der Waals surface area contributed by atoms with E-state index in [1.54, 1.807) is 0 Å². The number of aromatic nitrogens is 2. The van der Waals surface area contributed by atoms with Gasteiger partial charge in [0.1, 0.15) is 5.75 Å². The highest BCUT2D eigenvalue weighted by Crippen LogP contribution is 2.20. The first-order valence-electron chi connectivity index (χ1n) is 7.11. The number of nitrogens with zero attached hydrogens (tertiary/aromatic N) is 2. The number of ether oxygens (including phenoxy) is 1. The standard InChI is InChI=1S/C16H20N2O4/c1-16(2,3)15-17-13(18-22-15)10-21-12-7-4-11(5-8-12)6-9-14(19)20/h4-5,7-8H,6,9-10H2,1-3H3,(H,19,20). The van der Waals surface area contributed by atoms with E-state index < -0.39 is 5.97 Å². The number of carboxylic acid groups (broad SMARTS) is 1. The molecule has 1 aromatic carbocycles. The highest BCUT2D eigenvalue weighted by Gasteiger charge is 2.21. The Morgan fingerprint density at radius 3 is 2.50 bits per heavy atom. The second-order valence-corrected chi connectivity index (χ2v) is 6.09. The molecule has 6 heteroatoms. The van der Waals surface area contributed by atoms with Crippen LogP contribution >= 0.6 is 0 Å². The van der Waals surface area contributed by atoms with Gasteiger partial charge in [-0.15, -0.1) is 0 Å². The van der Waals surface area contributed by atoms with Gasteiger partial charge in [0.05, 0.1) is 0 Å². The maximum atomic E-state index is 10.5. The lowest BCUT2D eigenvalue weighted by atomic mass is 9.97. The predicted molar refractivity (Wildman–Crippen MR) is 79.7 cm³/mol. The number of hydrogen-bond donors (Lipinski definition) is 1. The molecule has 0 spiro atoms. The molecule has 6 nitrogen and oxygen atoms in total. The molecule has 0 fully saturated rings. The largest absolute Gasteiger partial charge is 0.485 e. The lowest BCUT2D eigenvalue weighted by Crippen LogP contribution is -2.11. The maximum Gasteiger partial charge on any atom is 0.303 e. The van der Waals surface area contributed by atoms with E-state index in [2.05, 4.69) is 10.1 Å². The Bertz CT molecular complexity index is 626. The van der Waals surface area contributed by atoms with Crippen LogP contribution in [0, 0.1) is 0 Å². The highest BCUT2D eigenvalue weighted by molar-refractivity contribution is 5.67. The van der Waals surface area contributed by atoms with Crippen LogP contribution in [0.15, 0.2) is 28.8 Å². The van der Waals surface area contributed by atoms with Gasteiger partial charge in [0, 0.05) is 11.8 Å². The van der Waals surface area contributed by atoms with Gasteiger partial charge in [0.25, 0.3) is 0 Å². The number of hydrogen-bond acceptors (Lipinski definition) is 5. The minimum absolute atomic E-state index is 0.124. The SMILES string of the molecule is CC(C)(C)c1nc(COc2ccc(CCC(=O)O)cc2)no1. The Balaban J connectivity index is 1.89. The zero-order chi connectivity index (χ0) is 16.2. The lowest BCUT2D eigenvalue weighted by molar-refractivity contribution is -0.136. The van der Waals surface area contributed by atoms with Gasteiger partial charge >= 0.3 is 5.97 Å². The normalized spacial score (nSPS) is 11.4. The van der Waals surface area contributed by atoms with Crippen molar-refractivity contribution in [3.8, 4) is 5.75 Å². The first-order valence-corrected chi connectivity index (χ1v) is 7.11. The Morgan fingerprint density at radius 2 is 1.95 bits per heavy atom. The van der Waals surface area contributed by atoms with Crippen LogP contribution in [-0.2, 0) is 23.2 Å². The van der Waals surface area contributed by atoms with Crippen molar-refractivity contribution in [2.75, 3.05) is 0 Å². The summed E-state index contributed by atoms with van der Waals surface area (Å²) in [6.45, 7) is 6.23. The van der Waals surface area contributed by atoms with Crippen molar-refractivity contribution in [1.29, 1.82) is 0 Å². The van der Waals surface area contributed by atoms with Crippen molar-refractivity contribution in [3.05, 3.63) is 41.5 Å². The number of aryl methyl sites for hydroxylation is 1. The van der Waals surface area contributed by atoms with E-state index in [9.17, 15) is 4.79 Å². The summed E-state index contributed by atoms with van der Waals surface area (Å²) in [6.07, 6.45) is 0.633. The van der Waals surface area contributed by atoms with Crippen LogP contribution in [-0.4, -0.2) is 21.2 Å². The van der Waals surface area contributed by atoms with Gasteiger partial charge in [-0.2, -0.15) is 4.98 Å². The third kappa shape index (κ3) is 4.58. The van der Waals surface area contributed by atoms with E-state index in [0.29, 0.717) is 23.9 Å². The van der Waals surface area contributed by atoms with Gasteiger partial charge in [-0.3, -0.25) is 4.79 Å². The van der Waals surface area contributed by atoms with Crippen molar-refractivity contribution >= 4 is 5.97 Å². The molecule has 0 unspecified atom stereocenters. The highest BCUT2D eigenvalue weighted by atomic mass is 16.5. The third-order valence-electron chi connectivity index (χ3n) is 3.03.